The highest BCUT2D eigenvalue weighted by Gasteiger charge is 2.20. The number of pyridine rings is 1. The van der Waals surface area contributed by atoms with Crippen LogP contribution in [0, 0.1) is 0 Å². The SMILES string of the molecule is COC(=O)CCN(Cc1cccc2cccnc12)C[C@H]1CCCO1. The van der Waals surface area contributed by atoms with Gasteiger partial charge in [0.15, 0.2) is 0 Å². The third kappa shape index (κ3) is 4.30. The van der Waals surface area contributed by atoms with Crippen molar-refractivity contribution in [1.29, 1.82) is 0 Å². The first-order valence-electron chi connectivity index (χ1n) is 8.49. The van der Waals surface area contributed by atoms with Crippen LogP contribution in [0.5, 0.6) is 0 Å². The minimum Gasteiger partial charge on any atom is -0.469 e. The number of rotatable bonds is 7. The third-order valence-electron chi connectivity index (χ3n) is 4.46. The van der Waals surface area contributed by atoms with Gasteiger partial charge >= 0.3 is 5.97 Å². The Kier molecular flexibility index (Phi) is 5.77. The van der Waals surface area contributed by atoms with E-state index < -0.39 is 0 Å². The van der Waals surface area contributed by atoms with Gasteiger partial charge in [-0.2, -0.15) is 0 Å². The average molecular weight is 328 g/mol. The van der Waals surface area contributed by atoms with Gasteiger partial charge in [-0.3, -0.25) is 14.7 Å². The number of para-hydroxylation sites is 1. The van der Waals surface area contributed by atoms with Crippen molar-refractivity contribution >= 4 is 16.9 Å². The standard InChI is InChI=1S/C19H24N2O3/c1-23-18(22)9-11-21(14-17-8-4-12-24-17)13-16-6-2-5-15-7-3-10-20-19(15)16/h2-3,5-7,10,17H,4,8-9,11-14H2,1H3/t17-/m1/s1. The Morgan fingerprint density at radius 3 is 3.04 bits per heavy atom. The fourth-order valence-electron chi connectivity index (χ4n) is 3.20. The molecule has 3 rings (SSSR count). The molecule has 1 saturated heterocycles. The first-order valence-corrected chi connectivity index (χ1v) is 8.49. The van der Waals surface area contributed by atoms with Crippen LogP contribution in [0.15, 0.2) is 36.5 Å². The molecule has 0 spiro atoms. The van der Waals surface area contributed by atoms with Gasteiger partial charge in [0.1, 0.15) is 0 Å². The average Bonchev–Trinajstić information content (AvgIpc) is 3.12. The molecule has 1 aromatic heterocycles. The molecule has 0 saturated carbocycles. The Hall–Kier alpha value is -1.98. The van der Waals surface area contributed by atoms with Crippen LogP contribution in [-0.4, -0.2) is 48.8 Å². The maximum absolute atomic E-state index is 11.5. The van der Waals surface area contributed by atoms with Crippen molar-refractivity contribution in [2.75, 3.05) is 26.8 Å². The molecule has 2 aromatic rings. The maximum atomic E-state index is 11.5. The van der Waals surface area contributed by atoms with E-state index in [0.717, 1.165) is 43.4 Å². The highest BCUT2D eigenvalue weighted by atomic mass is 16.5. The summed E-state index contributed by atoms with van der Waals surface area (Å²) < 4.78 is 10.6. The molecule has 0 amide bonds. The molecule has 24 heavy (non-hydrogen) atoms. The topological polar surface area (TPSA) is 51.7 Å². The molecule has 2 heterocycles. The van der Waals surface area contributed by atoms with Gasteiger partial charge in [0, 0.05) is 37.8 Å². The molecule has 128 valence electrons. The highest BCUT2D eigenvalue weighted by Crippen LogP contribution is 2.20. The van der Waals surface area contributed by atoms with E-state index in [4.69, 9.17) is 9.47 Å². The Morgan fingerprint density at radius 2 is 2.25 bits per heavy atom. The quantitative estimate of drug-likeness (QED) is 0.732. The lowest BCUT2D eigenvalue weighted by molar-refractivity contribution is -0.141. The predicted octanol–water partition coefficient (Wildman–Crippen LogP) is 2.78. The summed E-state index contributed by atoms with van der Waals surface area (Å²) in [5.41, 5.74) is 2.20. The molecule has 1 aliphatic heterocycles. The van der Waals surface area contributed by atoms with Gasteiger partial charge in [-0.05, 0) is 24.5 Å². The zero-order valence-corrected chi connectivity index (χ0v) is 14.1. The lowest BCUT2D eigenvalue weighted by Crippen LogP contribution is -2.33. The molecule has 5 nitrogen and oxygen atoms in total. The Morgan fingerprint density at radius 1 is 1.38 bits per heavy atom. The number of hydrogen-bond acceptors (Lipinski definition) is 5. The molecular weight excluding hydrogens is 304 g/mol. The number of nitrogens with zero attached hydrogens (tertiary/aromatic N) is 2. The van der Waals surface area contributed by atoms with E-state index >= 15 is 0 Å². The number of aromatic nitrogens is 1. The summed E-state index contributed by atoms with van der Waals surface area (Å²) in [7, 11) is 1.43. The number of methoxy groups -OCH3 is 1. The van der Waals surface area contributed by atoms with Crippen LogP contribution in [0.25, 0.3) is 10.9 Å². The van der Waals surface area contributed by atoms with Gasteiger partial charge in [-0.15, -0.1) is 0 Å². The fraction of sp³-hybridized carbons (Fsp3) is 0.474. The van der Waals surface area contributed by atoms with Crippen molar-refractivity contribution in [2.24, 2.45) is 0 Å². The van der Waals surface area contributed by atoms with Crippen LogP contribution in [0.3, 0.4) is 0 Å². The second-order valence-electron chi connectivity index (χ2n) is 6.19. The van der Waals surface area contributed by atoms with E-state index in [1.807, 2.05) is 12.3 Å². The van der Waals surface area contributed by atoms with Gasteiger partial charge in [-0.25, -0.2) is 0 Å². The molecule has 5 heteroatoms. The first-order chi connectivity index (χ1) is 11.8. The number of fused-ring (bicyclic) bond motifs is 1. The van der Waals surface area contributed by atoms with Crippen LogP contribution >= 0.6 is 0 Å². The monoisotopic (exact) mass is 328 g/mol. The van der Waals surface area contributed by atoms with Crippen LogP contribution in [0.4, 0.5) is 0 Å². The molecule has 1 aromatic carbocycles. The van der Waals surface area contributed by atoms with Crippen molar-refractivity contribution in [2.45, 2.75) is 31.9 Å². The Labute approximate surface area is 142 Å². The molecule has 1 aliphatic rings. The largest absolute Gasteiger partial charge is 0.469 e. The van der Waals surface area contributed by atoms with Crippen molar-refractivity contribution < 1.29 is 14.3 Å². The Balaban J connectivity index is 1.74. The zero-order chi connectivity index (χ0) is 16.8. The number of ether oxygens (including phenoxy) is 2. The van der Waals surface area contributed by atoms with E-state index in [1.165, 1.54) is 12.7 Å². The number of benzene rings is 1. The smallest absolute Gasteiger partial charge is 0.306 e. The summed E-state index contributed by atoms with van der Waals surface area (Å²) in [6.45, 7) is 3.09. The van der Waals surface area contributed by atoms with Gasteiger partial charge < -0.3 is 9.47 Å². The van der Waals surface area contributed by atoms with Crippen molar-refractivity contribution in [3.8, 4) is 0 Å². The fourth-order valence-corrected chi connectivity index (χ4v) is 3.20. The van der Waals surface area contributed by atoms with Crippen LogP contribution in [0.2, 0.25) is 0 Å². The van der Waals surface area contributed by atoms with Crippen LogP contribution in [0.1, 0.15) is 24.8 Å². The highest BCUT2D eigenvalue weighted by molar-refractivity contribution is 5.81. The van der Waals surface area contributed by atoms with Crippen LogP contribution < -0.4 is 0 Å². The molecule has 0 radical (unpaired) electrons. The van der Waals surface area contributed by atoms with Gasteiger partial charge in [0.25, 0.3) is 0 Å². The summed E-state index contributed by atoms with van der Waals surface area (Å²) in [6.07, 6.45) is 4.67. The summed E-state index contributed by atoms with van der Waals surface area (Å²) >= 11 is 0. The molecule has 0 N–H and O–H groups in total. The predicted molar refractivity (Wildman–Crippen MR) is 92.6 cm³/mol. The molecule has 1 fully saturated rings. The second-order valence-corrected chi connectivity index (χ2v) is 6.19. The molecule has 0 unspecified atom stereocenters. The number of hydrogen-bond donors (Lipinski definition) is 0. The summed E-state index contributed by atoms with van der Waals surface area (Å²) in [6, 6.07) is 10.3. The van der Waals surface area contributed by atoms with Crippen molar-refractivity contribution in [1.82, 2.24) is 9.88 Å². The normalized spacial score (nSPS) is 17.5. The van der Waals surface area contributed by atoms with E-state index in [1.54, 1.807) is 0 Å². The van der Waals surface area contributed by atoms with E-state index in [0.29, 0.717) is 13.0 Å². The Bertz CT molecular complexity index is 678. The van der Waals surface area contributed by atoms with Gasteiger partial charge in [-0.1, -0.05) is 24.3 Å². The summed E-state index contributed by atoms with van der Waals surface area (Å²) in [5, 5.41) is 1.14. The molecule has 0 bridgehead atoms. The van der Waals surface area contributed by atoms with E-state index in [9.17, 15) is 4.79 Å². The van der Waals surface area contributed by atoms with Crippen molar-refractivity contribution in [3.05, 3.63) is 42.1 Å². The lowest BCUT2D eigenvalue weighted by Gasteiger charge is -2.25. The van der Waals surface area contributed by atoms with E-state index in [2.05, 4.69) is 34.1 Å². The summed E-state index contributed by atoms with van der Waals surface area (Å²) in [5.74, 6) is -0.177. The zero-order valence-electron chi connectivity index (χ0n) is 14.1. The minimum absolute atomic E-state index is 0.177. The lowest BCUT2D eigenvalue weighted by atomic mass is 10.1. The van der Waals surface area contributed by atoms with Crippen molar-refractivity contribution in [3.63, 3.8) is 0 Å². The van der Waals surface area contributed by atoms with E-state index in [-0.39, 0.29) is 12.1 Å². The van der Waals surface area contributed by atoms with Gasteiger partial charge in [0.2, 0.25) is 0 Å². The number of carbonyl (C=O) groups excluding carboxylic acids is 1. The van der Waals surface area contributed by atoms with Crippen LogP contribution in [-0.2, 0) is 20.8 Å². The minimum atomic E-state index is -0.177. The first kappa shape index (κ1) is 16.9. The number of esters is 1. The second kappa shape index (κ2) is 8.22. The molecular formula is C19H24N2O3. The maximum Gasteiger partial charge on any atom is 0.306 e. The summed E-state index contributed by atoms with van der Waals surface area (Å²) in [4.78, 5) is 18.3. The number of carbonyl (C=O) groups is 1. The molecule has 1 atom stereocenters. The molecule has 0 aliphatic carbocycles. The third-order valence-corrected chi connectivity index (χ3v) is 4.46. The van der Waals surface area contributed by atoms with Gasteiger partial charge in [0.05, 0.1) is 25.2 Å².